The van der Waals surface area contributed by atoms with Crippen molar-refractivity contribution < 1.29 is 0 Å². The van der Waals surface area contributed by atoms with Gasteiger partial charge in [0.2, 0.25) is 0 Å². The minimum Gasteiger partial charge on any atom is -0.307 e. The summed E-state index contributed by atoms with van der Waals surface area (Å²) in [4.78, 5) is 0. The number of rotatable bonds is 3. The van der Waals surface area contributed by atoms with E-state index in [4.69, 9.17) is 0 Å². The fourth-order valence-corrected chi connectivity index (χ4v) is 7.70. The first-order valence-electron chi connectivity index (χ1n) is 13.0. The normalized spacial score (nSPS) is 11.8. The Morgan fingerprint density at radius 2 is 0.821 bits per heavy atom. The van der Waals surface area contributed by atoms with E-state index >= 15 is 0 Å². The van der Waals surface area contributed by atoms with E-state index in [-0.39, 0.29) is 0 Å². The first-order chi connectivity index (χ1) is 19.2. The number of nitrogens with zero attached hydrogens (tertiary/aromatic N) is 1. The number of halogens is 2. The monoisotopic (exact) mass is 625 g/mol. The molecule has 0 N–H and O–H groups in total. The van der Waals surface area contributed by atoms with Gasteiger partial charge in [-0.05, 0) is 99.9 Å². The van der Waals surface area contributed by atoms with Gasteiger partial charge in [-0.25, -0.2) is 0 Å². The second kappa shape index (κ2) is 8.81. The van der Waals surface area contributed by atoms with E-state index in [2.05, 4.69) is 164 Å². The Hall–Kier alpha value is -3.92. The zero-order valence-corrected chi connectivity index (χ0v) is 24.0. The highest BCUT2D eigenvalue weighted by Crippen LogP contribution is 2.49. The standard InChI is InChI=1S/C36H21Br2N/c37-28-16-9-17-29(38)36(28)39-30-18-7-14-26-32-24(22-10-3-1-4-11-22)20-21-25(23-12-5-2-6-13-23)33(32)27-15-8-19-31(39)35(27)34(26)30/h1-21H. The molecule has 3 heteroatoms. The van der Waals surface area contributed by atoms with Crippen molar-refractivity contribution in [2.24, 2.45) is 0 Å². The Kier molecular flexibility index (Phi) is 5.19. The molecule has 0 saturated heterocycles. The van der Waals surface area contributed by atoms with Crippen LogP contribution in [0, 0.1) is 0 Å². The number of aromatic nitrogens is 1. The molecule has 0 bridgehead atoms. The summed E-state index contributed by atoms with van der Waals surface area (Å²) in [5.74, 6) is 0. The van der Waals surface area contributed by atoms with Crippen LogP contribution in [0.4, 0.5) is 0 Å². The van der Waals surface area contributed by atoms with Gasteiger partial charge in [0.25, 0.3) is 0 Å². The van der Waals surface area contributed by atoms with Crippen LogP contribution in [-0.2, 0) is 0 Å². The maximum absolute atomic E-state index is 3.85. The Morgan fingerprint density at radius 1 is 0.385 bits per heavy atom. The summed E-state index contributed by atoms with van der Waals surface area (Å²) in [6.45, 7) is 0. The van der Waals surface area contributed by atoms with E-state index in [0.717, 1.165) is 14.6 Å². The molecule has 8 rings (SSSR count). The molecule has 0 aliphatic carbocycles. The molecule has 0 aliphatic heterocycles. The summed E-state index contributed by atoms with van der Waals surface area (Å²) < 4.78 is 4.51. The van der Waals surface area contributed by atoms with Crippen molar-refractivity contribution in [3.63, 3.8) is 0 Å². The third-order valence-corrected chi connectivity index (χ3v) is 9.17. The molecule has 1 heterocycles. The minimum atomic E-state index is 1.05. The molecule has 184 valence electrons. The highest BCUT2D eigenvalue weighted by molar-refractivity contribution is 9.11. The van der Waals surface area contributed by atoms with E-state index in [1.54, 1.807) is 0 Å². The van der Waals surface area contributed by atoms with Gasteiger partial charge in [0.05, 0.1) is 16.7 Å². The van der Waals surface area contributed by atoms with E-state index in [0.29, 0.717) is 0 Å². The number of hydrogen-bond acceptors (Lipinski definition) is 0. The van der Waals surface area contributed by atoms with Crippen LogP contribution in [0.5, 0.6) is 0 Å². The van der Waals surface area contributed by atoms with Crippen molar-refractivity contribution in [2.75, 3.05) is 0 Å². The Balaban J connectivity index is 1.66. The van der Waals surface area contributed by atoms with Crippen molar-refractivity contribution in [3.8, 4) is 27.9 Å². The second-order valence-corrected chi connectivity index (χ2v) is 11.7. The number of hydrogen-bond donors (Lipinski definition) is 0. The highest BCUT2D eigenvalue weighted by Gasteiger charge is 2.24. The van der Waals surface area contributed by atoms with Crippen LogP contribution in [0.3, 0.4) is 0 Å². The molecule has 0 fully saturated rings. The van der Waals surface area contributed by atoms with Crippen molar-refractivity contribution in [1.29, 1.82) is 0 Å². The van der Waals surface area contributed by atoms with Crippen LogP contribution in [-0.4, -0.2) is 4.57 Å². The summed E-state index contributed by atoms with van der Waals surface area (Å²) >= 11 is 7.71. The molecule has 1 nitrogen and oxygen atoms in total. The van der Waals surface area contributed by atoms with Crippen LogP contribution in [0.2, 0.25) is 0 Å². The second-order valence-electron chi connectivity index (χ2n) is 9.95. The molecule has 0 atom stereocenters. The minimum absolute atomic E-state index is 1.05. The first kappa shape index (κ1) is 23.0. The van der Waals surface area contributed by atoms with Gasteiger partial charge in [0.15, 0.2) is 0 Å². The molecule has 0 radical (unpaired) electrons. The Bertz CT molecular complexity index is 2030. The quantitative estimate of drug-likeness (QED) is 0.172. The van der Waals surface area contributed by atoms with Gasteiger partial charge in [-0.1, -0.05) is 103 Å². The first-order valence-corrected chi connectivity index (χ1v) is 14.6. The summed E-state index contributed by atoms with van der Waals surface area (Å²) in [6, 6.07) is 46.0. The summed E-state index contributed by atoms with van der Waals surface area (Å²) in [6.07, 6.45) is 0. The fourth-order valence-electron chi connectivity index (χ4n) is 6.35. The molecular weight excluding hydrogens is 606 g/mol. The lowest BCUT2D eigenvalue weighted by Gasteiger charge is -2.17. The van der Waals surface area contributed by atoms with Crippen LogP contribution in [0.25, 0.3) is 71.3 Å². The van der Waals surface area contributed by atoms with Gasteiger partial charge in [0, 0.05) is 19.7 Å². The predicted octanol–water partition coefficient (Wildman–Crippen LogP) is 11.4. The summed E-state index contributed by atoms with van der Waals surface area (Å²) in [7, 11) is 0. The van der Waals surface area contributed by atoms with Crippen molar-refractivity contribution in [2.45, 2.75) is 0 Å². The zero-order chi connectivity index (χ0) is 26.1. The summed E-state index contributed by atoms with van der Waals surface area (Å²) in [5, 5.41) is 7.78. The number of benzene rings is 7. The SMILES string of the molecule is Brc1cccc(Br)c1-n1c2cccc3c4c(-c5ccccc5)ccc(-c5ccccc5)c4c4cccc1c4c32. The lowest BCUT2D eigenvalue weighted by Crippen LogP contribution is -1.96. The van der Waals surface area contributed by atoms with Crippen molar-refractivity contribution >= 4 is 75.2 Å². The van der Waals surface area contributed by atoms with Gasteiger partial charge in [0.1, 0.15) is 0 Å². The van der Waals surface area contributed by atoms with Gasteiger partial charge in [-0.3, -0.25) is 0 Å². The Morgan fingerprint density at radius 3 is 1.28 bits per heavy atom. The van der Waals surface area contributed by atoms with E-state index in [1.807, 2.05) is 0 Å². The molecular formula is C36H21Br2N. The van der Waals surface area contributed by atoms with Crippen molar-refractivity contribution in [3.05, 3.63) is 136 Å². The lowest BCUT2D eigenvalue weighted by molar-refractivity contribution is 1.16. The van der Waals surface area contributed by atoms with Gasteiger partial charge in [-0.15, -0.1) is 0 Å². The highest BCUT2D eigenvalue weighted by atomic mass is 79.9. The van der Waals surface area contributed by atoms with Crippen LogP contribution in [0.15, 0.2) is 136 Å². The molecule has 0 spiro atoms. The molecule has 8 aromatic rings. The van der Waals surface area contributed by atoms with Crippen LogP contribution in [0.1, 0.15) is 0 Å². The average molecular weight is 627 g/mol. The summed E-state index contributed by atoms with van der Waals surface area (Å²) in [5.41, 5.74) is 8.51. The Labute approximate surface area is 242 Å². The number of para-hydroxylation sites is 1. The molecule has 0 unspecified atom stereocenters. The maximum Gasteiger partial charge on any atom is 0.0746 e. The largest absolute Gasteiger partial charge is 0.307 e. The molecule has 0 amide bonds. The van der Waals surface area contributed by atoms with Gasteiger partial charge in [-0.2, -0.15) is 0 Å². The van der Waals surface area contributed by atoms with E-state index < -0.39 is 0 Å². The molecule has 1 aromatic heterocycles. The van der Waals surface area contributed by atoms with Gasteiger partial charge < -0.3 is 4.57 Å². The predicted molar refractivity (Wildman–Crippen MR) is 173 cm³/mol. The fraction of sp³-hybridized carbons (Fsp3) is 0. The molecule has 0 saturated carbocycles. The smallest absolute Gasteiger partial charge is 0.0746 e. The maximum atomic E-state index is 3.85. The van der Waals surface area contributed by atoms with Gasteiger partial charge >= 0.3 is 0 Å². The average Bonchev–Trinajstić information content (AvgIpc) is 3.32. The van der Waals surface area contributed by atoms with Crippen LogP contribution < -0.4 is 0 Å². The van der Waals surface area contributed by atoms with E-state index in [9.17, 15) is 0 Å². The third-order valence-electron chi connectivity index (χ3n) is 7.89. The topological polar surface area (TPSA) is 4.93 Å². The van der Waals surface area contributed by atoms with Crippen LogP contribution >= 0.6 is 31.9 Å². The zero-order valence-electron chi connectivity index (χ0n) is 20.8. The third kappa shape index (κ3) is 3.30. The molecule has 7 aromatic carbocycles. The lowest BCUT2D eigenvalue weighted by atomic mass is 9.85. The molecule has 39 heavy (non-hydrogen) atoms. The van der Waals surface area contributed by atoms with Crippen molar-refractivity contribution in [1.82, 2.24) is 4.57 Å². The van der Waals surface area contributed by atoms with E-state index in [1.165, 1.54) is 65.6 Å². The number of fused-ring (bicyclic) bond motifs is 3. The molecule has 0 aliphatic rings.